The number of nitrogens with zero attached hydrogens (tertiary/aromatic N) is 4. The Balaban J connectivity index is 1.83. The van der Waals surface area contributed by atoms with E-state index in [9.17, 15) is 4.39 Å². The number of hydrogen-bond acceptors (Lipinski definition) is 5. The highest BCUT2D eigenvalue weighted by molar-refractivity contribution is 5.39. The van der Waals surface area contributed by atoms with E-state index >= 15 is 0 Å². The van der Waals surface area contributed by atoms with Crippen molar-refractivity contribution in [3.8, 4) is 0 Å². The Kier molecular flexibility index (Phi) is 4.33. The lowest BCUT2D eigenvalue weighted by atomic mass is 9.98. The van der Waals surface area contributed by atoms with Crippen LogP contribution in [0.4, 0.5) is 10.2 Å². The number of aryl methyl sites for hydroxylation is 2. The summed E-state index contributed by atoms with van der Waals surface area (Å²) < 4.78 is 21.9. The molecule has 0 aliphatic carbocycles. The van der Waals surface area contributed by atoms with Gasteiger partial charge in [0.05, 0.1) is 17.9 Å². The quantitative estimate of drug-likeness (QED) is 0.938. The van der Waals surface area contributed by atoms with Crippen molar-refractivity contribution in [2.24, 2.45) is 7.05 Å². The summed E-state index contributed by atoms with van der Waals surface area (Å²) in [7, 11) is 1.87. The van der Waals surface area contributed by atoms with Gasteiger partial charge in [-0.1, -0.05) is 6.92 Å². The zero-order valence-electron chi connectivity index (χ0n) is 12.8. The third-order valence-electron chi connectivity index (χ3n) is 3.89. The number of anilines is 1. The smallest absolute Gasteiger partial charge is 0.186 e. The van der Waals surface area contributed by atoms with Crippen LogP contribution in [-0.4, -0.2) is 32.4 Å². The Morgan fingerprint density at radius 3 is 3.05 bits per heavy atom. The summed E-state index contributed by atoms with van der Waals surface area (Å²) in [5.41, 5.74) is 1.41. The average Bonchev–Trinajstić information content (AvgIpc) is 2.96. The van der Waals surface area contributed by atoms with Gasteiger partial charge >= 0.3 is 0 Å². The van der Waals surface area contributed by atoms with Gasteiger partial charge in [-0.3, -0.25) is 4.68 Å². The molecule has 1 saturated heterocycles. The lowest BCUT2D eigenvalue weighted by Crippen LogP contribution is -2.34. The van der Waals surface area contributed by atoms with Crippen LogP contribution in [0.2, 0.25) is 0 Å². The second kappa shape index (κ2) is 6.39. The maximum atomic E-state index is 14.3. The van der Waals surface area contributed by atoms with Crippen molar-refractivity contribution in [1.82, 2.24) is 19.7 Å². The second-order valence-corrected chi connectivity index (χ2v) is 5.47. The Bertz CT molecular complexity index is 645. The van der Waals surface area contributed by atoms with E-state index < -0.39 is 0 Å². The van der Waals surface area contributed by atoms with Crippen molar-refractivity contribution in [2.75, 3.05) is 11.9 Å². The summed E-state index contributed by atoms with van der Waals surface area (Å²) in [6, 6.07) is -0.0351. The van der Waals surface area contributed by atoms with Crippen LogP contribution in [0.5, 0.6) is 0 Å². The minimum absolute atomic E-state index is 0.0351. The molecule has 1 aliphatic rings. The van der Waals surface area contributed by atoms with Gasteiger partial charge in [0.1, 0.15) is 12.4 Å². The molecule has 1 fully saturated rings. The molecule has 7 heteroatoms. The monoisotopic (exact) mass is 305 g/mol. The Labute approximate surface area is 128 Å². The summed E-state index contributed by atoms with van der Waals surface area (Å²) in [5.74, 6) is -0.128. The number of rotatable bonds is 4. The molecule has 0 radical (unpaired) electrons. The molecule has 0 aromatic carbocycles. The number of halogens is 1. The van der Waals surface area contributed by atoms with E-state index in [2.05, 4.69) is 20.4 Å². The second-order valence-electron chi connectivity index (χ2n) is 5.47. The zero-order chi connectivity index (χ0) is 15.5. The van der Waals surface area contributed by atoms with Crippen molar-refractivity contribution in [3.05, 3.63) is 35.8 Å². The first-order chi connectivity index (χ1) is 10.7. The van der Waals surface area contributed by atoms with E-state index in [4.69, 9.17) is 4.74 Å². The molecule has 0 amide bonds. The molecule has 3 rings (SSSR count). The largest absolute Gasteiger partial charge is 0.371 e. The molecule has 2 aromatic heterocycles. The van der Waals surface area contributed by atoms with Crippen LogP contribution in [0.25, 0.3) is 0 Å². The van der Waals surface area contributed by atoms with Crippen LogP contribution in [0.1, 0.15) is 37.1 Å². The van der Waals surface area contributed by atoms with Gasteiger partial charge in [0.2, 0.25) is 0 Å². The number of aromatic nitrogens is 4. The van der Waals surface area contributed by atoms with Gasteiger partial charge in [-0.05, 0) is 19.3 Å². The molecule has 0 bridgehead atoms. The van der Waals surface area contributed by atoms with Gasteiger partial charge in [-0.2, -0.15) is 5.10 Å². The molecule has 22 heavy (non-hydrogen) atoms. The summed E-state index contributed by atoms with van der Waals surface area (Å²) in [5, 5.41) is 7.38. The molecular weight excluding hydrogens is 285 g/mol. The third kappa shape index (κ3) is 2.94. The molecule has 0 unspecified atom stereocenters. The predicted molar refractivity (Wildman–Crippen MR) is 79.9 cm³/mol. The fourth-order valence-electron chi connectivity index (χ4n) is 2.77. The minimum atomic E-state index is -0.375. The lowest BCUT2D eigenvalue weighted by molar-refractivity contribution is 0.00543. The Morgan fingerprint density at radius 2 is 2.32 bits per heavy atom. The lowest BCUT2D eigenvalue weighted by Gasteiger charge is -2.32. The highest BCUT2D eigenvalue weighted by Crippen LogP contribution is 2.30. The van der Waals surface area contributed by atoms with Crippen LogP contribution >= 0.6 is 0 Å². The normalized spacial score (nSPS) is 21.8. The van der Waals surface area contributed by atoms with E-state index in [1.54, 1.807) is 10.9 Å². The molecule has 2 aromatic rings. The van der Waals surface area contributed by atoms with E-state index in [1.165, 1.54) is 6.33 Å². The van der Waals surface area contributed by atoms with E-state index in [0.717, 1.165) is 18.4 Å². The first-order valence-electron chi connectivity index (χ1n) is 7.55. The van der Waals surface area contributed by atoms with E-state index in [1.807, 2.05) is 20.2 Å². The van der Waals surface area contributed by atoms with Crippen molar-refractivity contribution in [3.63, 3.8) is 0 Å². The van der Waals surface area contributed by atoms with Gasteiger partial charge in [-0.25, -0.2) is 14.4 Å². The molecule has 2 atom stereocenters. The van der Waals surface area contributed by atoms with Gasteiger partial charge in [0.25, 0.3) is 0 Å². The predicted octanol–water partition coefficient (Wildman–Crippen LogP) is 2.24. The molecular formula is C15H20FN5O. The van der Waals surface area contributed by atoms with Crippen molar-refractivity contribution in [2.45, 2.75) is 38.3 Å². The van der Waals surface area contributed by atoms with Crippen molar-refractivity contribution >= 4 is 5.82 Å². The first-order valence-corrected chi connectivity index (χ1v) is 7.55. The fraction of sp³-hybridized carbons (Fsp3) is 0.533. The van der Waals surface area contributed by atoms with Crippen molar-refractivity contribution in [1.29, 1.82) is 0 Å². The van der Waals surface area contributed by atoms with Gasteiger partial charge in [0, 0.05) is 25.4 Å². The Morgan fingerprint density at radius 1 is 1.45 bits per heavy atom. The topological polar surface area (TPSA) is 64.9 Å². The molecule has 1 N–H and O–H groups in total. The molecule has 0 spiro atoms. The SMILES string of the molecule is CCc1ncnc(N[C@H]2CCCO[C@@H]2c2cnn(C)c2)c1F. The standard InChI is InChI=1S/C15H20FN5O/c1-3-11-13(16)15(18-9-17-11)20-12-5-4-6-22-14(12)10-7-19-21(2)8-10/h7-9,12,14H,3-6H2,1-2H3,(H,17,18,20)/t12-,14+/m0/s1. The van der Waals surface area contributed by atoms with Gasteiger partial charge < -0.3 is 10.1 Å². The van der Waals surface area contributed by atoms with Gasteiger partial charge in [-0.15, -0.1) is 0 Å². The van der Waals surface area contributed by atoms with Crippen LogP contribution in [0.15, 0.2) is 18.7 Å². The van der Waals surface area contributed by atoms with Gasteiger partial charge in [0.15, 0.2) is 11.6 Å². The average molecular weight is 305 g/mol. The molecule has 1 aliphatic heterocycles. The zero-order valence-corrected chi connectivity index (χ0v) is 12.8. The summed E-state index contributed by atoms with van der Waals surface area (Å²) in [6.07, 6.45) is 7.33. The summed E-state index contributed by atoms with van der Waals surface area (Å²) >= 11 is 0. The molecule has 3 heterocycles. The van der Waals surface area contributed by atoms with Crippen LogP contribution in [0.3, 0.4) is 0 Å². The van der Waals surface area contributed by atoms with Crippen LogP contribution in [0, 0.1) is 5.82 Å². The molecule has 0 saturated carbocycles. The molecule has 118 valence electrons. The van der Waals surface area contributed by atoms with E-state index in [0.29, 0.717) is 18.7 Å². The molecule has 6 nitrogen and oxygen atoms in total. The number of hydrogen-bond donors (Lipinski definition) is 1. The van der Waals surface area contributed by atoms with Crippen molar-refractivity contribution < 1.29 is 9.13 Å². The highest BCUT2D eigenvalue weighted by Gasteiger charge is 2.29. The fourth-order valence-corrected chi connectivity index (χ4v) is 2.77. The Hall–Kier alpha value is -2.02. The van der Waals surface area contributed by atoms with Crippen LogP contribution < -0.4 is 5.32 Å². The van der Waals surface area contributed by atoms with Crippen LogP contribution in [-0.2, 0) is 18.2 Å². The minimum Gasteiger partial charge on any atom is -0.371 e. The maximum Gasteiger partial charge on any atom is 0.186 e. The highest BCUT2D eigenvalue weighted by atomic mass is 19.1. The maximum absolute atomic E-state index is 14.3. The first kappa shape index (κ1) is 14.9. The number of nitrogens with one attached hydrogen (secondary N) is 1. The number of ether oxygens (including phenoxy) is 1. The summed E-state index contributed by atoms with van der Waals surface area (Å²) in [4.78, 5) is 8.00. The third-order valence-corrected chi connectivity index (χ3v) is 3.89. The van der Waals surface area contributed by atoms with E-state index in [-0.39, 0.29) is 23.8 Å². The summed E-state index contributed by atoms with van der Waals surface area (Å²) in [6.45, 7) is 2.57.